The Balaban J connectivity index is 2.30. The second-order valence-corrected chi connectivity index (χ2v) is 5.55. The Bertz CT molecular complexity index is 709. The Kier molecular flexibility index (Phi) is 2.59. The number of rotatable bonds is 2. The molecule has 0 aliphatic heterocycles. The van der Waals surface area contributed by atoms with Gasteiger partial charge in [0.25, 0.3) is 0 Å². The summed E-state index contributed by atoms with van der Waals surface area (Å²) < 4.78 is 0. The molecule has 0 radical (unpaired) electrons. The van der Waals surface area contributed by atoms with Gasteiger partial charge in [0.2, 0.25) is 0 Å². The van der Waals surface area contributed by atoms with Crippen LogP contribution in [-0.4, -0.2) is 17.0 Å². The van der Waals surface area contributed by atoms with Crippen molar-refractivity contribution in [2.24, 2.45) is 0 Å². The first-order chi connectivity index (χ1) is 8.70. The molecule has 3 rings (SSSR count). The molecule has 1 aromatic carbocycles. The third kappa shape index (κ3) is 1.61. The van der Waals surface area contributed by atoms with Crippen molar-refractivity contribution in [3.05, 3.63) is 34.8 Å². The normalized spacial score (nSPS) is 11.1. The summed E-state index contributed by atoms with van der Waals surface area (Å²) in [5.74, 6) is 0. The Morgan fingerprint density at radius 3 is 2.72 bits per heavy atom. The average Bonchev–Trinajstić information content (AvgIpc) is 2.88. The zero-order valence-corrected chi connectivity index (χ0v) is 11.5. The highest BCUT2D eigenvalue weighted by molar-refractivity contribution is 7.16. The number of aromatic amines is 1. The van der Waals surface area contributed by atoms with Crippen molar-refractivity contribution >= 4 is 27.4 Å². The molecule has 92 valence electrons. The van der Waals surface area contributed by atoms with Gasteiger partial charge in [-0.3, -0.25) is 0 Å². The zero-order chi connectivity index (χ0) is 12.7. The van der Waals surface area contributed by atoms with Crippen LogP contribution in [0.15, 0.2) is 24.3 Å². The van der Waals surface area contributed by atoms with E-state index in [0.717, 1.165) is 10.8 Å². The number of nitrogens with zero attached hydrogens (tertiary/aromatic N) is 1. The number of aryl methyl sites for hydroxylation is 2. The first-order valence-electron chi connectivity index (χ1n) is 5.93. The van der Waals surface area contributed by atoms with Gasteiger partial charge in [-0.05, 0) is 19.9 Å². The predicted molar refractivity (Wildman–Crippen MR) is 78.4 cm³/mol. The van der Waals surface area contributed by atoms with Gasteiger partial charge in [0.15, 0.2) is 5.13 Å². The van der Waals surface area contributed by atoms with Crippen molar-refractivity contribution < 1.29 is 0 Å². The Hall–Kier alpha value is -1.81. The summed E-state index contributed by atoms with van der Waals surface area (Å²) in [6.07, 6.45) is 0. The SMILES string of the molecule is CNc1nc(-c2c(C)[nH]c3ccccc23)c(C)s1. The smallest absolute Gasteiger partial charge is 0.183 e. The quantitative estimate of drug-likeness (QED) is 0.729. The fourth-order valence-electron chi connectivity index (χ4n) is 2.32. The van der Waals surface area contributed by atoms with Crippen molar-refractivity contribution in [3.63, 3.8) is 0 Å². The van der Waals surface area contributed by atoms with Crippen LogP contribution in [0.4, 0.5) is 5.13 Å². The van der Waals surface area contributed by atoms with E-state index in [1.165, 1.54) is 27.0 Å². The van der Waals surface area contributed by atoms with Gasteiger partial charge in [0, 0.05) is 34.1 Å². The van der Waals surface area contributed by atoms with E-state index < -0.39 is 0 Å². The van der Waals surface area contributed by atoms with Crippen LogP contribution in [0.2, 0.25) is 0 Å². The number of aromatic nitrogens is 2. The molecular weight excluding hydrogens is 242 g/mol. The lowest BCUT2D eigenvalue weighted by Crippen LogP contribution is -1.87. The first kappa shape index (κ1) is 11.3. The van der Waals surface area contributed by atoms with E-state index in [1.807, 2.05) is 7.05 Å². The minimum atomic E-state index is 0.965. The molecule has 0 saturated carbocycles. The number of thiazole rings is 1. The van der Waals surface area contributed by atoms with E-state index in [9.17, 15) is 0 Å². The summed E-state index contributed by atoms with van der Waals surface area (Å²) >= 11 is 1.69. The van der Waals surface area contributed by atoms with E-state index in [-0.39, 0.29) is 0 Å². The van der Waals surface area contributed by atoms with E-state index in [2.05, 4.69) is 53.4 Å². The highest BCUT2D eigenvalue weighted by atomic mass is 32.1. The number of H-pyrrole nitrogens is 1. The molecule has 4 heteroatoms. The van der Waals surface area contributed by atoms with Crippen LogP contribution >= 0.6 is 11.3 Å². The number of anilines is 1. The minimum absolute atomic E-state index is 0.965. The lowest BCUT2D eigenvalue weighted by atomic mass is 10.1. The van der Waals surface area contributed by atoms with Gasteiger partial charge in [0.05, 0.1) is 5.69 Å². The third-order valence-corrected chi connectivity index (χ3v) is 4.13. The van der Waals surface area contributed by atoms with E-state index in [0.29, 0.717) is 0 Å². The summed E-state index contributed by atoms with van der Waals surface area (Å²) in [5, 5.41) is 5.32. The largest absolute Gasteiger partial charge is 0.365 e. The van der Waals surface area contributed by atoms with Crippen molar-refractivity contribution in [1.29, 1.82) is 0 Å². The molecule has 0 atom stereocenters. The maximum atomic E-state index is 4.67. The average molecular weight is 257 g/mol. The summed E-state index contributed by atoms with van der Waals surface area (Å²) in [7, 11) is 1.91. The van der Waals surface area contributed by atoms with Crippen molar-refractivity contribution in [3.8, 4) is 11.3 Å². The van der Waals surface area contributed by atoms with Gasteiger partial charge in [-0.1, -0.05) is 18.2 Å². The molecule has 2 N–H and O–H groups in total. The molecule has 2 heterocycles. The lowest BCUT2D eigenvalue weighted by molar-refractivity contribution is 1.27. The maximum absolute atomic E-state index is 4.67. The van der Waals surface area contributed by atoms with Gasteiger partial charge in [-0.25, -0.2) is 4.98 Å². The number of hydrogen-bond donors (Lipinski definition) is 2. The van der Waals surface area contributed by atoms with Crippen LogP contribution in [0.1, 0.15) is 10.6 Å². The van der Waals surface area contributed by atoms with Crippen LogP contribution in [0.25, 0.3) is 22.2 Å². The number of fused-ring (bicyclic) bond motifs is 1. The van der Waals surface area contributed by atoms with Gasteiger partial charge < -0.3 is 10.3 Å². The molecule has 3 aromatic rings. The Morgan fingerprint density at radius 1 is 1.22 bits per heavy atom. The lowest BCUT2D eigenvalue weighted by Gasteiger charge is -1.98. The van der Waals surface area contributed by atoms with Crippen LogP contribution in [0.5, 0.6) is 0 Å². The molecule has 0 bridgehead atoms. The second kappa shape index (κ2) is 4.14. The molecule has 0 aliphatic carbocycles. The molecule has 3 nitrogen and oxygen atoms in total. The van der Waals surface area contributed by atoms with Gasteiger partial charge in [-0.15, -0.1) is 11.3 Å². The maximum Gasteiger partial charge on any atom is 0.183 e. The summed E-state index contributed by atoms with van der Waals surface area (Å²) in [4.78, 5) is 9.34. The number of hydrogen-bond acceptors (Lipinski definition) is 3. The minimum Gasteiger partial charge on any atom is -0.365 e. The van der Waals surface area contributed by atoms with Crippen LogP contribution in [0, 0.1) is 13.8 Å². The molecule has 0 amide bonds. The van der Waals surface area contributed by atoms with E-state index in [4.69, 9.17) is 0 Å². The van der Waals surface area contributed by atoms with E-state index >= 15 is 0 Å². The molecule has 2 aromatic heterocycles. The van der Waals surface area contributed by atoms with Gasteiger partial charge in [0.1, 0.15) is 0 Å². The van der Waals surface area contributed by atoms with Gasteiger partial charge in [-0.2, -0.15) is 0 Å². The molecular formula is C14H15N3S. The van der Waals surface area contributed by atoms with E-state index in [1.54, 1.807) is 11.3 Å². The second-order valence-electron chi connectivity index (χ2n) is 4.34. The number of benzene rings is 1. The standard InChI is InChI=1S/C14H15N3S/c1-8-12(10-6-4-5-7-11(10)16-8)13-9(2)18-14(15-3)17-13/h4-7,16H,1-3H3,(H,15,17). The molecule has 18 heavy (non-hydrogen) atoms. The highest BCUT2D eigenvalue weighted by Gasteiger charge is 2.16. The monoisotopic (exact) mass is 257 g/mol. The van der Waals surface area contributed by atoms with Crippen LogP contribution < -0.4 is 5.32 Å². The van der Waals surface area contributed by atoms with Crippen molar-refractivity contribution in [2.45, 2.75) is 13.8 Å². The van der Waals surface area contributed by atoms with Crippen LogP contribution in [0.3, 0.4) is 0 Å². The number of nitrogens with one attached hydrogen (secondary N) is 2. The fraction of sp³-hybridized carbons (Fsp3) is 0.214. The highest BCUT2D eigenvalue weighted by Crippen LogP contribution is 2.36. The molecule has 0 unspecified atom stereocenters. The molecule has 0 fully saturated rings. The van der Waals surface area contributed by atoms with Gasteiger partial charge >= 0.3 is 0 Å². The van der Waals surface area contributed by atoms with Crippen molar-refractivity contribution in [2.75, 3.05) is 12.4 Å². The Morgan fingerprint density at radius 2 is 2.00 bits per heavy atom. The summed E-state index contributed by atoms with van der Waals surface area (Å²) in [6, 6.07) is 8.37. The summed E-state index contributed by atoms with van der Waals surface area (Å²) in [5.41, 5.74) is 4.65. The first-order valence-corrected chi connectivity index (χ1v) is 6.75. The molecule has 0 saturated heterocycles. The summed E-state index contributed by atoms with van der Waals surface area (Å²) in [6.45, 7) is 4.22. The molecule has 0 aliphatic rings. The zero-order valence-electron chi connectivity index (χ0n) is 10.7. The number of para-hydroxylation sites is 1. The topological polar surface area (TPSA) is 40.7 Å². The molecule has 0 spiro atoms. The fourth-order valence-corrected chi connectivity index (χ4v) is 3.09. The Labute approximate surface area is 110 Å². The third-order valence-electron chi connectivity index (χ3n) is 3.14. The predicted octanol–water partition coefficient (Wildman–Crippen LogP) is 3.95. The van der Waals surface area contributed by atoms with Crippen molar-refractivity contribution in [1.82, 2.24) is 9.97 Å². The van der Waals surface area contributed by atoms with Crippen LogP contribution in [-0.2, 0) is 0 Å².